The topological polar surface area (TPSA) is 74.8 Å². The maximum atomic E-state index is 11.7. The summed E-state index contributed by atoms with van der Waals surface area (Å²) in [7, 11) is -3.36. The van der Waals surface area contributed by atoms with Crippen molar-refractivity contribution in [2.75, 3.05) is 6.54 Å². The first-order valence-electron chi connectivity index (χ1n) is 5.06. The van der Waals surface area contributed by atoms with Gasteiger partial charge in [0.05, 0.1) is 6.20 Å². The van der Waals surface area contributed by atoms with Gasteiger partial charge in [-0.15, -0.1) is 0 Å². The summed E-state index contributed by atoms with van der Waals surface area (Å²) in [4.78, 5) is 0.203. The maximum absolute atomic E-state index is 11.7. The van der Waals surface area contributed by atoms with Crippen LogP contribution < -0.4 is 4.72 Å². The second kappa shape index (κ2) is 3.61. The molecular weight excluding hydrogens is 214 g/mol. The van der Waals surface area contributed by atoms with Gasteiger partial charge in [-0.1, -0.05) is 6.92 Å². The third kappa shape index (κ3) is 2.21. The van der Waals surface area contributed by atoms with Crippen LogP contribution in [0.2, 0.25) is 0 Å². The van der Waals surface area contributed by atoms with Crippen molar-refractivity contribution in [3.05, 3.63) is 12.4 Å². The first-order valence-corrected chi connectivity index (χ1v) is 6.55. The van der Waals surface area contributed by atoms with Gasteiger partial charge in [0.2, 0.25) is 10.0 Å². The summed E-state index contributed by atoms with van der Waals surface area (Å²) < 4.78 is 26.1. The average molecular weight is 229 g/mol. The van der Waals surface area contributed by atoms with E-state index < -0.39 is 10.0 Å². The molecule has 0 radical (unpaired) electrons. The molecule has 1 aromatic heterocycles. The van der Waals surface area contributed by atoms with E-state index in [0.717, 1.165) is 19.3 Å². The summed E-state index contributed by atoms with van der Waals surface area (Å²) >= 11 is 0. The van der Waals surface area contributed by atoms with E-state index in [-0.39, 0.29) is 10.3 Å². The molecule has 1 aliphatic carbocycles. The molecule has 0 atom stereocenters. The molecule has 0 unspecified atom stereocenters. The molecular formula is C9H15N3O2S. The Bertz CT molecular complexity index is 420. The quantitative estimate of drug-likeness (QED) is 0.787. The van der Waals surface area contributed by atoms with Crippen molar-refractivity contribution >= 4 is 10.0 Å². The summed E-state index contributed by atoms with van der Waals surface area (Å²) in [5.41, 5.74) is 0.219. The van der Waals surface area contributed by atoms with Crippen molar-refractivity contribution in [2.24, 2.45) is 5.41 Å². The van der Waals surface area contributed by atoms with Gasteiger partial charge in [0.25, 0.3) is 0 Å². The Hall–Kier alpha value is -0.880. The highest BCUT2D eigenvalue weighted by molar-refractivity contribution is 7.89. The number of aromatic amines is 1. The second-order valence-corrected chi connectivity index (χ2v) is 5.88. The van der Waals surface area contributed by atoms with Crippen molar-refractivity contribution in [1.82, 2.24) is 14.9 Å². The SMILES string of the molecule is CCC1(CNS(=O)(=O)c2cn[nH]c2)CC1. The van der Waals surface area contributed by atoms with E-state index in [2.05, 4.69) is 21.8 Å². The van der Waals surface area contributed by atoms with Gasteiger partial charge >= 0.3 is 0 Å². The smallest absolute Gasteiger partial charge is 0.243 e. The van der Waals surface area contributed by atoms with Gasteiger partial charge in [-0.25, -0.2) is 13.1 Å². The average Bonchev–Trinajstić information content (AvgIpc) is 2.77. The molecule has 15 heavy (non-hydrogen) atoms. The van der Waals surface area contributed by atoms with E-state index >= 15 is 0 Å². The van der Waals surface area contributed by atoms with E-state index in [9.17, 15) is 8.42 Å². The number of sulfonamides is 1. The van der Waals surface area contributed by atoms with E-state index in [4.69, 9.17) is 0 Å². The fraction of sp³-hybridized carbons (Fsp3) is 0.667. The lowest BCUT2D eigenvalue weighted by Gasteiger charge is -2.12. The Morgan fingerprint density at radius 3 is 2.80 bits per heavy atom. The molecule has 2 N–H and O–H groups in total. The van der Waals surface area contributed by atoms with Gasteiger partial charge in [-0.05, 0) is 24.7 Å². The van der Waals surface area contributed by atoms with Crippen LogP contribution in [0, 0.1) is 5.41 Å². The van der Waals surface area contributed by atoms with Gasteiger partial charge in [0.15, 0.2) is 0 Å². The Morgan fingerprint density at radius 1 is 1.60 bits per heavy atom. The molecule has 2 rings (SSSR count). The van der Waals surface area contributed by atoms with Crippen LogP contribution in [0.3, 0.4) is 0 Å². The monoisotopic (exact) mass is 229 g/mol. The van der Waals surface area contributed by atoms with Crippen molar-refractivity contribution < 1.29 is 8.42 Å². The molecule has 0 bridgehead atoms. The van der Waals surface area contributed by atoms with E-state index in [1.54, 1.807) is 0 Å². The Labute approximate surface area is 89.3 Å². The standard InChI is InChI=1S/C9H15N3O2S/c1-2-9(3-4-9)7-12-15(13,14)8-5-10-11-6-8/h5-6,12H,2-4,7H2,1H3,(H,10,11). The minimum Gasteiger partial charge on any atom is -0.284 e. The Morgan fingerprint density at radius 2 is 2.33 bits per heavy atom. The summed E-state index contributed by atoms with van der Waals surface area (Å²) in [6, 6.07) is 0. The fourth-order valence-electron chi connectivity index (χ4n) is 1.55. The molecule has 0 aromatic carbocycles. The lowest BCUT2D eigenvalue weighted by Crippen LogP contribution is -2.29. The largest absolute Gasteiger partial charge is 0.284 e. The van der Waals surface area contributed by atoms with Gasteiger partial charge < -0.3 is 0 Å². The van der Waals surface area contributed by atoms with E-state index in [1.807, 2.05) is 0 Å². The van der Waals surface area contributed by atoms with Gasteiger partial charge in [0, 0.05) is 12.7 Å². The Kier molecular flexibility index (Phi) is 2.56. The molecule has 0 aliphatic heterocycles. The molecule has 0 saturated heterocycles. The number of hydrogen-bond donors (Lipinski definition) is 2. The zero-order valence-corrected chi connectivity index (χ0v) is 9.47. The summed E-state index contributed by atoms with van der Waals surface area (Å²) in [5.74, 6) is 0. The van der Waals surface area contributed by atoms with Crippen LogP contribution in [-0.4, -0.2) is 25.2 Å². The summed E-state index contributed by atoms with van der Waals surface area (Å²) in [6.45, 7) is 2.64. The van der Waals surface area contributed by atoms with Crippen LogP contribution in [0.15, 0.2) is 17.3 Å². The molecule has 1 aromatic rings. The molecule has 6 heteroatoms. The summed E-state index contributed by atoms with van der Waals surface area (Å²) in [5, 5.41) is 6.12. The zero-order valence-electron chi connectivity index (χ0n) is 8.66. The predicted octanol–water partition coefficient (Wildman–Crippen LogP) is 0.878. The molecule has 5 nitrogen and oxygen atoms in total. The van der Waals surface area contributed by atoms with E-state index in [1.165, 1.54) is 12.4 Å². The van der Waals surface area contributed by atoms with E-state index in [0.29, 0.717) is 6.54 Å². The molecule has 1 aliphatic rings. The summed E-state index contributed by atoms with van der Waals surface area (Å²) in [6.07, 6.45) is 5.97. The van der Waals surface area contributed by atoms with Crippen LogP contribution in [0.1, 0.15) is 26.2 Å². The zero-order chi connectivity index (χ0) is 10.9. The van der Waals surface area contributed by atoms with Crippen molar-refractivity contribution in [3.63, 3.8) is 0 Å². The Balaban J connectivity index is 2.00. The van der Waals surface area contributed by atoms with Crippen molar-refractivity contribution in [1.29, 1.82) is 0 Å². The van der Waals surface area contributed by atoms with Crippen molar-refractivity contribution in [2.45, 2.75) is 31.1 Å². The highest BCUT2D eigenvalue weighted by Crippen LogP contribution is 2.48. The van der Waals surface area contributed by atoms with Crippen molar-refractivity contribution in [3.8, 4) is 0 Å². The minimum atomic E-state index is -3.36. The van der Waals surface area contributed by atoms with Crippen LogP contribution in [0.4, 0.5) is 0 Å². The molecule has 1 saturated carbocycles. The molecule has 0 spiro atoms. The van der Waals surface area contributed by atoms with Crippen LogP contribution in [0.25, 0.3) is 0 Å². The van der Waals surface area contributed by atoms with Crippen LogP contribution >= 0.6 is 0 Å². The maximum Gasteiger partial charge on any atom is 0.243 e. The molecule has 0 amide bonds. The molecule has 1 heterocycles. The normalized spacial score (nSPS) is 19.0. The minimum absolute atomic E-state index is 0.203. The molecule has 1 fully saturated rings. The van der Waals surface area contributed by atoms with Gasteiger partial charge in [-0.2, -0.15) is 5.10 Å². The number of nitrogens with one attached hydrogen (secondary N) is 2. The number of rotatable bonds is 5. The molecule has 84 valence electrons. The predicted molar refractivity (Wildman–Crippen MR) is 55.7 cm³/mol. The van der Waals surface area contributed by atoms with Gasteiger partial charge in [-0.3, -0.25) is 5.10 Å². The number of nitrogens with zero attached hydrogens (tertiary/aromatic N) is 1. The van der Waals surface area contributed by atoms with Gasteiger partial charge in [0.1, 0.15) is 4.90 Å². The van der Waals surface area contributed by atoms with Crippen LogP contribution in [-0.2, 0) is 10.0 Å². The first-order chi connectivity index (χ1) is 7.08. The first kappa shape index (κ1) is 10.6. The third-order valence-electron chi connectivity index (χ3n) is 3.13. The number of hydrogen-bond acceptors (Lipinski definition) is 3. The van der Waals surface area contributed by atoms with Crippen LogP contribution in [0.5, 0.6) is 0 Å². The third-order valence-corrected chi connectivity index (χ3v) is 4.50. The lowest BCUT2D eigenvalue weighted by atomic mass is 10.1. The second-order valence-electron chi connectivity index (χ2n) is 4.11. The fourth-order valence-corrected chi connectivity index (χ4v) is 2.61. The highest BCUT2D eigenvalue weighted by atomic mass is 32.2. The highest BCUT2D eigenvalue weighted by Gasteiger charge is 2.41. The number of aromatic nitrogens is 2. The lowest BCUT2D eigenvalue weighted by molar-refractivity contribution is 0.475. The number of H-pyrrole nitrogens is 1.